The molecule has 0 amide bonds. The lowest BCUT2D eigenvalue weighted by Crippen LogP contribution is -2.40. The fourth-order valence-corrected chi connectivity index (χ4v) is 7.36. The molecule has 9 nitrogen and oxygen atoms in total. The second-order valence-electron chi connectivity index (χ2n) is 19.5. The number of esters is 2. The Hall–Kier alpha value is -3.53. The molecule has 9 heteroatoms. The van der Waals surface area contributed by atoms with Gasteiger partial charge in [0.25, 0.3) is 6.29 Å². The summed E-state index contributed by atoms with van der Waals surface area (Å²) in [6.07, 6.45) is 63.6. The minimum absolute atomic E-state index is 0.181. The highest BCUT2D eigenvalue weighted by molar-refractivity contribution is 5.71. The third-order valence-electron chi connectivity index (χ3n) is 11.6. The first-order chi connectivity index (χ1) is 33.6. The van der Waals surface area contributed by atoms with Gasteiger partial charge in [0, 0.05) is 12.8 Å². The van der Waals surface area contributed by atoms with E-state index >= 15 is 0 Å². The van der Waals surface area contributed by atoms with E-state index in [2.05, 4.69) is 98.9 Å². The maximum Gasteiger partial charge on any atom is 0.361 e. The molecule has 2 unspecified atom stereocenters. The average Bonchev–Trinajstić information content (AvgIpc) is 3.31. The Morgan fingerprint density at radius 2 is 0.826 bits per heavy atom. The number of nitrogens with zero attached hydrogens (tertiary/aromatic N) is 1. The summed E-state index contributed by atoms with van der Waals surface area (Å²) in [6.45, 7) is 4.72. The predicted molar refractivity (Wildman–Crippen MR) is 290 cm³/mol. The van der Waals surface area contributed by atoms with Gasteiger partial charge in [-0.1, -0.05) is 202 Å². The van der Waals surface area contributed by atoms with Crippen molar-refractivity contribution in [1.82, 2.24) is 0 Å². The minimum Gasteiger partial charge on any atom is -0.477 e. The van der Waals surface area contributed by atoms with Crippen LogP contribution in [0, 0.1) is 0 Å². The highest BCUT2D eigenvalue weighted by Crippen LogP contribution is 2.15. The molecular formula is C60H104NO8+. The van der Waals surface area contributed by atoms with Crippen LogP contribution < -0.4 is 0 Å². The molecule has 396 valence electrons. The first-order valence-electron chi connectivity index (χ1n) is 27.8. The smallest absolute Gasteiger partial charge is 0.361 e. The molecule has 0 rings (SSSR count). The van der Waals surface area contributed by atoms with Crippen molar-refractivity contribution in [3.05, 3.63) is 85.1 Å². The quantitative estimate of drug-likeness (QED) is 0.0211. The van der Waals surface area contributed by atoms with Crippen LogP contribution in [0.2, 0.25) is 0 Å². The number of ether oxygens (including phenoxy) is 4. The van der Waals surface area contributed by atoms with Crippen molar-refractivity contribution in [2.45, 2.75) is 232 Å². The summed E-state index contributed by atoms with van der Waals surface area (Å²) in [4.78, 5) is 37.4. The molecule has 0 spiro atoms. The van der Waals surface area contributed by atoms with E-state index in [4.69, 9.17) is 18.9 Å². The van der Waals surface area contributed by atoms with Gasteiger partial charge in [0.15, 0.2) is 6.10 Å². The maximum absolute atomic E-state index is 12.9. The largest absolute Gasteiger partial charge is 0.477 e. The van der Waals surface area contributed by atoms with E-state index in [1.807, 2.05) is 21.1 Å². The number of aliphatic carboxylic acids is 1. The Balaban J connectivity index is 4.30. The zero-order valence-corrected chi connectivity index (χ0v) is 44.9. The van der Waals surface area contributed by atoms with E-state index in [1.165, 1.54) is 96.3 Å². The van der Waals surface area contributed by atoms with Crippen LogP contribution in [0.3, 0.4) is 0 Å². The van der Waals surface area contributed by atoms with Gasteiger partial charge >= 0.3 is 17.9 Å². The van der Waals surface area contributed by atoms with Crippen LogP contribution in [0.1, 0.15) is 219 Å². The highest BCUT2D eigenvalue weighted by Gasteiger charge is 2.25. The van der Waals surface area contributed by atoms with E-state index in [1.54, 1.807) is 0 Å². The Kier molecular flexibility index (Phi) is 48.2. The van der Waals surface area contributed by atoms with Crippen LogP contribution in [0.4, 0.5) is 0 Å². The van der Waals surface area contributed by atoms with Crippen LogP contribution >= 0.6 is 0 Å². The zero-order valence-electron chi connectivity index (χ0n) is 44.9. The number of hydrogen-bond acceptors (Lipinski definition) is 7. The summed E-state index contributed by atoms with van der Waals surface area (Å²) in [5.74, 6) is -2.03. The molecule has 0 aromatic rings. The van der Waals surface area contributed by atoms with E-state index in [9.17, 15) is 19.5 Å². The molecule has 0 heterocycles. The molecule has 0 bridgehead atoms. The first-order valence-corrected chi connectivity index (χ1v) is 27.8. The number of allylic oxidation sites excluding steroid dienone is 14. The molecule has 1 N–H and O–H groups in total. The van der Waals surface area contributed by atoms with Crippen molar-refractivity contribution < 1.29 is 42.9 Å². The number of rotatable bonds is 50. The van der Waals surface area contributed by atoms with Gasteiger partial charge in [-0.3, -0.25) is 9.59 Å². The molecular weight excluding hydrogens is 863 g/mol. The Morgan fingerprint density at radius 1 is 0.449 bits per heavy atom. The van der Waals surface area contributed by atoms with Crippen molar-refractivity contribution in [3.8, 4) is 0 Å². The van der Waals surface area contributed by atoms with Crippen molar-refractivity contribution in [3.63, 3.8) is 0 Å². The number of likely N-dealkylation sites (N-methyl/N-ethyl adjacent to an activating group) is 1. The van der Waals surface area contributed by atoms with Gasteiger partial charge < -0.3 is 28.5 Å². The zero-order chi connectivity index (χ0) is 50.6. The number of carboxylic acids is 1. The van der Waals surface area contributed by atoms with Crippen molar-refractivity contribution in [1.29, 1.82) is 0 Å². The van der Waals surface area contributed by atoms with Crippen molar-refractivity contribution in [2.24, 2.45) is 0 Å². The molecule has 0 saturated carbocycles. The molecule has 0 aliphatic rings. The molecule has 0 fully saturated rings. The lowest BCUT2D eigenvalue weighted by Gasteiger charge is -2.25. The van der Waals surface area contributed by atoms with Gasteiger partial charge in [0.2, 0.25) is 0 Å². The fraction of sp³-hybridized carbons (Fsp3) is 0.717. The summed E-state index contributed by atoms with van der Waals surface area (Å²) in [7, 11) is 5.96. The first kappa shape index (κ1) is 65.5. The lowest BCUT2D eigenvalue weighted by atomic mass is 10.0. The minimum atomic E-state index is -1.52. The van der Waals surface area contributed by atoms with E-state index in [0.717, 1.165) is 89.9 Å². The van der Waals surface area contributed by atoms with Crippen LogP contribution in [-0.4, -0.2) is 87.4 Å². The molecule has 0 aromatic heterocycles. The summed E-state index contributed by atoms with van der Waals surface area (Å²) >= 11 is 0. The van der Waals surface area contributed by atoms with Crippen LogP contribution in [0.15, 0.2) is 85.1 Å². The van der Waals surface area contributed by atoms with Crippen molar-refractivity contribution in [2.75, 3.05) is 47.5 Å². The second-order valence-corrected chi connectivity index (χ2v) is 19.5. The topological polar surface area (TPSA) is 108 Å². The number of hydrogen-bond donors (Lipinski definition) is 1. The molecule has 69 heavy (non-hydrogen) atoms. The Labute approximate surface area is 423 Å². The number of carbonyl (C=O) groups excluding carboxylic acids is 2. The molecule has 0 saturated heterocycles. The lowest BCUT2D eigenvalue weighted by molar-refractivity contribution is -0.870. The normalized spacial score (nSPS) is 13.5. The number of carboxylic acid groups (broad SMARTS) is 1. The summed E-state index contributed by atoms with van der Waals surface area (Å²) in [6, 6.07) is 0. The summed E-state index contributed by atoms with van der Waals surface area (Å²) in [5.41, 5.74) is 0. The summed E-state index contributed by atoms with van der Waals surface area (Å²) < 4.78 is 22.8. The highest BCUT2D eigenvalue weighted by atomic mass is 16.7. The molecule has 0 radical (unpaired) electrons. The predicted octanol–water partition coefficient (Wildman–Crippen LogP) is 16.0. The SMILES string of the molecule is CC/C=C\C/C=C\C/C=C\C/C=C\CCCCCCCCCCCCCCC(=O)OC(COC(=O)CCCCCCCC/C=C\C/C=C\C/C=C\CCCCC)COC(OCC[N+](C)(C)C)C(=O)O. The average molecular weight is 967 g/mol. The van der Waals surface area contributed by atoms with E-state index in [0.29, 0.717) is 17.4 Å². The number of carbonyl (C=O) groups is 3. The number of quaternary nitrogens is 1. The standard InChI is InChI=1S/C60H103NO8/c1-6-8-10-12-14-16-18-20-22-24-26-27-28-29-30-31-33-35-37-39-41-43-45-47-49-51-58(63)69-56(55-68-60(59(64)65)66-53-52-61(3,4)5)54-67-57(62)50-48-46-44-42-40-38-36-34-32-25-23-21-19-17-15-13-11-9-7-2/h8,10,14-17,20-23,26-27,32,34,56,60H,6-7,9,11-13,18-19,24-25,28-31,33,35-55H2,1-5H3/p+1/b10-8-,16-14-,17-15-,22-20-,23-21-,27-26-,34-32-. The second kappa shape index (κ2) is 50.8. The van der Waals surface area contributed by atoms with Gasteiger partial charge in [-0.25, -0.2) is 4.79 Å². The van der Waals surface area contributed by atoms with Gasteiger partial charge in [0.1, 0.15) is 13.2 Å². The Morgan fingerprint density at radius 3 is 1.23 bits per heavy atom. The van der Waals surface area contributed by atoms with Crippen LogP contribution in [0.5, 0.6) is 0 Å². The molecule has 0 aliphatic heterocycles. The molecule has 2 atom stereocenters. The number of unbranched alkanes of at least 4 members (excludes halogenated alkanes) is 21. The van der Waals surface area contributed by atoms with Gasteiger partial charge in [0.05, 0.1) is 34.4 Å². The van der Waals surface area contributed by atoms with E-state index in [-0.39, 0.29) is 38.6 Å². The van der Waals surface area contributed by atoms with Crippen LogP contribution in [0.25, 0.3) is 0 Å². The fourth-order valence-electron chi connectivity index (χ4n) is 7.36. The third kappa shape index (κ3) is 52.1. The Bertz CT molecular complexity index is 1400. The molecule has 0 aliphatic carbocycles. The van der Waals surface area contributed by atoms with Gasteiger partial charge in [-0.05, 0) is 89.9 Å². The maximum atomic E-state index is 12.9. The van der Waals surface area contributed by atoms with E-state index < -0.39 is 24.3 Å². The van der Waals surface area contributed by atoms with Crippen molar-refractivity contribution >= 4 is 17.9 Å². The third-order valence-corrected chi connectivity index (χ3v) is 11.6. The van der Waals surface area contributed by atoms with Crippen LogP contribution in [-0.2, 0) is 33.3 Å². The monoisotopic (exact) mass is 967 g/mol. The molecule has 0 aromatic carbocycles. The summed E-state index contributed by atoms with van der Waals surface area (Å²) in [5, 5.41) is 9.69. The van der Waals surface area contributed by atoms with Gasteiger partial charge in [-0.15, -0.1) is 0 Å². The van der Waals surface area contributed by atoms with Gasteiger partial charge in [-0.2, -0.15) is 0 Å².